The Hall–Kier alpha value is -2.31. The fraction of sp³-hybridized carbons (Fsp3) is 0.381. The molecule has 0 radical (unpaired) electrons. The molecule has 2 aromatic rings. The first-order valence-electron chi connectivity index (χ1n) is 8.56. The van der Waals surface area contributed by atoms with Crippen molar-refractivity contribution in [2.45, 2.75) is 32.7 Å². The summed E-state index contributed by atoms with van der Waals surface area (Å²) in [6.45, 7) is 5.10. The lowest BCUT2D eigenvalue weighted by Crippen LogP contribution is -2.38. The molecule has 0 unspecified atom stereocenters. The van der Waals surface area contributed by atoms with Gasteiger partial charge in [-0.2, -0.15) is 5.26 Å². The van der Waals surface area contributed by atoms with Crippen LogP contribution < -0.4 is 0 Å². The highest BCUT2D eigenvalue weighted by molar-refractivity contribution is 5.70. The molecule has 2 aromatic carbocycles. The van der Waals surface area contributed by atoms with Crippen molar-refractivity contribution in [2.75, 3.05) is 13.1 Å². The standard InChI is InChI=1S/C21H24N2O/c1-21(9-12-22)10-13-23(14-11-21)16-17-7-8-19(20(24)15-17)18-5-3-2-4-6-18/h2-8,15,24H,9-11,13-14,16H2,1H3. The number of aromatic hydroxyl groups is 1. The van der Waals surface area contributed by atoms with Crippen LogP contribution in [0.1, 0.15) is 31.7 Å². The Kier molecular flexibility index (Phi) is 4.87. The van der Waals surface area contributed by atoms with Gasteiger partial charge in [-0.05, 0) is 48.5 Å². The summed E-state index contributed by atoms with van der Waals surface area (Å²) in [6.07, 6.45) is 2.77. The lowest BCUT2D eigenvalue weighted by Gasteiger charge is -2.38. The van der Waals surface area contributed by atoms with Gasteiger partial charge in [-0.1, -0.05) is 49.4 Å². The highest BCUT2D eigenvalue weighted by Gasteiger charge is 2.29. The Morgan fingerprint density at radius 3 is 2.46 bits per heavy atom. The second-order valence-corrected chi connectivity index (χ2v) is 7.14. The Balaban J connectivity index is 1.65. The van der Waals surface area contributed by atoms with E-state index in [9.17, 15) is 5.11 Å². The first-order valence-corrected chi connectivity index (χ1v) is 8.56. The molecule has 0 bridgehead atoms. The van der Waals surface area contributed by atoms with Gasteiger partial charge in [0, 0.05) is 18.5 Å². The van der Waals surface area contributed by atoms with Gasteiger partial charge in [-0.15, -0.1) is 0 Å². The molecule has 1 N–H and O–H groups in total. The van der Waals surface area contributed by atoms with Gasteiger partial charge in [-0.3, -0.25) is 4.90 Å². The SMILES string of the molecule is CC1(CC#N)CCN(Cc2ccc(-c3ccccc3)c(O)c2)CC1. The first-order chi connectivity index (χ1) is 11.6. The van der Waals surface area contributed by atoms with E-state index in [0.29, 0.717) is 12.2 Å². The van der Waals surface area contributed by atoms with Gasteiger partial charge < -0.3 is 5.11 Å². The second kappa shape index (κ2) is 7.07. The maximum Gasteiger partial charge on any atom is 0.123 e. The molecule has 0 spiro atoms. The molecule has 1 aliphatic rings. The summed E-state index contributed by atoms with van der Waals surface area (Å²) in [7, 11) is 0. The Labute approximate surface area is 144 Å². The van der Waals surface area contributed by atoms with Gasteiger partial charge in [0.15, 0.2) is 0 Å². The molecule has 3 nitrogen and oxygen atoms in total. The minimum Gasteiger partial charge on any atom is -0.507 e. The van der Waals surface area contributed by atoms with Crippen LogP contribution in [0, 0.1) is 16.7 Å². The number of nitriles is 1. The number of hydrogen-bond acceptors (Lipinski definition) is 3. The molecule has 1 aliphatic heterocycles. The summed E-state index contributed by atoms with van der Waals surface area (Å²) in [5, 5.41) is 19.3. The van der Waals surface area contributed by atoms with E-state index in [2.05, 4.69) is 24.0 Å². The zero-order valence-electron chi connectivity index (χ0n) is 14.2. The fourth-order valence-electron chi connectivity index (χ4n) is 3.41. The van der Waals surface area contributed by atoms with Crippen LogP contribution in [0.15, 0.2) is 48.5 Å². The highest BCUT2D eigenvalue weighted by atomic mass is 16.3. The molecule has 124 valence electrons. The van der Waals surface area contributed by atoms with Gasteiger partial charge in [0.1, 0.15) is 5.75 Å². The van der Waals surface area contributed by atoms with Crippen molar-refractivity contribution in [3.05, 3.63) is 54.1 Å². The third-order valence-corrected chi connectivity index (χ3v) is 5.12. The van der Waals surface area contributed by atoms with E-state index in [1.165, 1.54) is 0 Å². The van der Waals surface area contributed by atoms with E-state index in [0.717, 1.165) is 49.2 Å². The van der Waals surface area contributed by atoms with Gasteiger partial charge in [-0.25, -0.2) is 0 Å². The predicted molar refractivity (Wildman–Crippen MR) is 96.4 cm³/mol. The van der Waals surface area contributed by atoms with E-state index < -0.39 is 0 Å². The van der Waals surface area contributed by atoms with Crippen molar-refractivity contribution in [2.24, 2.45) is 5.41 Å². The van der Waals surface area contributed by atoms with Gasteiger partial charge in [0.25, 0.3) is 0 Å². The highest BCUT2D eigenvalue weighted by Crippen LogP contribution is 2.35. The van der Waals surface area contributed by atoms with Crippen LogP contribution in [-0.2, 0) is 6.54 Å². The number of nitrogens with zero attached hydrogens (tertiary/aromatic N) is 2. The number of likely N-dealkylation sites (tertiary alicyclic amines) is 1. The third-order valence-electron chi connectivity index (χ3n) is 5.12. The number of hydrogen-bond donors (Lipinski definition) is 1. The summed E-state index contributed by atoms with van der Waals surface area (Å²) in [4.78, 5) is 2.41. The minimum absolute atomic E-state index is 0.171. The summed E-state index contributed by atoms with van der Waals surface area (Å²) in [6, 6.07) is 18.3. The van der Waals surface area contributed by atoms with Crippen LogP contribution in [0.5, 0.6) is 5.75 Å². The molecule has 0 amide bonds. The van der Waals surface area contributed by atoms with E-state index in [4.69, 9.17) is 5.26 Å². The minimum atomic E-state index is 0.171. The molecule has 1 saturated heterocycles. The molecular weight excluding hydrogens is 296 g/mol. The molecule has 0 aromatic heterocycles. The van der Waals surface area contributed by atoms with Crippen LogP contribution in [0.3, 0.4) is 0 Å². The Bertz CT molecular complexity index is 725. The zero-order chi connectivity index (χ0) is 17.0. The largest absolute Gasteiger partial charge is 0.507 e. The van der Waals surface area contributed by atoms with E-state index >= 15 is 0 Å². The summed E-state index contributed by atoms with van der Waals surface area (Å²) < 4.78 is 0. The van der Waals surface area contributed by atoms with Gasteiger partial charge >= 0.3 is 0 Å². The topological polar surface area (TPSA) is 47.3 Å². The van der Waals surface area contributed by atoms with E-state index in [1.54, 1.807) is 0 Å². The van der Waals surface area contributed by atoms with E-state index in [1.807, 2.05) is 42.5 Å². The Morgan fingerprint density at radius 2 is 1.83 bits per heavy atom. The monoisotopic (exact) mass is 320 g/mol. The van der Waals surface area contributed by atoms with Crippen LogP contribution in [0.2, 0.25) is 0 Å². The summed E-state index contributed by atoms with van der Waals surface area (Å²) in [5.41, 5.74) is 3.22. The summed E-state index contributed by atoms with van der Waals surface area (Å²) in [5.74, 6) is 0.338. The maximum atomic E-state index is 10.4. The molecule has 1 fully saturated rings. The molecule has 0 saturated carbocycles. The zero-order valence-corrected chi connectivity index (χ0v) is 14.2. The van der Waals surface area contributed by atoms with Gasteiger partial charge in [0.2, 0.25) is 0 Å². The first kappa shape index (κ1) is 16.5. The normalized spacial score (nSPS) is 17.3. The quantitative estimate of drug-likeness (QED) is 0.897. The van der Waals surface area contributed by atoms with Crippen LogP contribution in [0.25, 0.3) is 11.1 Å². The predicted octanol–water partition coefficient (Wildman–Crippen LogP) is 4.57. The third kappa shape index (κ3) is 3.77. The smallest absolute Gasteiger partial charge is 0.123 e. The lowest BCUT2D eigenvalue weighted by molar-refractivity contribution is 0.116. The van der Waals surface area contributed by atoms with Gasteiger partial charge in [0.05, 0.1) is 6.07 Å². The fourth-order valence-corrected chi connectivity index (χ4v) is 3.41. The van der Waals surface area contributed by atoms with Crippen molar-refractivity contribution in [1.82, 2.24) is 4.90 Å². The number of phenolic OH excluding ortho intramolecular Hbond substituents is 1. The molecule has 0 aliphatic carbocycles. The average Bonchev–Trinajstić information content (AvgIpc) is 2.58. The molecule has 1 heterocycles. The molecule has 0 atom stereocenters. The second-order valence-electron chi connectivity index (χ2n) is 7.14. The van der Waals surface area contributed by atoms with E-state index in [-0.39, 0.29) is 5.41 Å². The van der Waals surface area contributed by atoms with Crippen molar-refractivity contribution >= 4 is 0 Å². The Morgan fingerprint density at radius 1 is 1.12 bits per heavy atom. The van der Waals surface area contributed by atoms with Crippen LogP contribution >= 0.6 is 0 Å². The molecule has 3 rings (SSSR count). The number of benzene rings is 2. The van der Waals surface area contributed by atoms with Crippen LogP contribution in [0.4, 0.5) is 0 Å². The van der Waals surface area contributed by atoms with Crippen molar-refractivity contribution in [1.29, 1.82) is 5.26 Å². The van der Waals surface area contributed by atoms with Crippen molar-refractivity contribution < 1.29 is 5.11 Å². The summed E-state index contributed by atoms with van der Waals surface area (Å²) >= 11 is 0. The maximum absolute atomic E-state index is 10.4. The number of phenols is 1. The van der Waals surface area contributed by atoms with Crippen LogP contribution in [-0.4, -0.2) is 23.1 Å². The lowest BCUT2D eigenvalue weighted by atomic mass is 9.78. The molecule has 24 heavy (non-hydrogen) atoms. The molecular formula is C21H24N2O. The van der Waals surface area contributed by atoms with Crippen molar-refractivity contribution in [3.8, 4) is 22.9 Å². The average molecular weight is 320 g/mol. The number of piperidine rings is 1. The molecule has 3 heteroatoms. The van der Waals surface area contributed by atoms with Crippen molar-refractivity contribution in [3.63, 3.8) is 0 Å². The number of rotatable bonds is 4.